The van der Waals surface area contributed by atoms with Crippen molar-refractivity contribution in [3.63, 3.8) is 0 Å². The van der Waals surface area contributed by atoms with Crippen LogP contribution < -0.4 is 15.3 Å². The highest BCUT2D eigenvalue weighted by molar-refractivity contribution is 6.33. The molecule has 1 aromatic carbocycles. The third kappa shape index (κ3) is 5.22. The third-order valence-electron chi connectivity index (χ3n) is 7.47. The van der Waals surface area contributed by atoms with Crippen molar-refractivity contribution in [1.82, 2.24) is 24.4 Å². The van der Waals surface area contributed by atoms with Gasteiger partial charge in [0.1, 0.15) is 11.6 Å². The first-order valence-electron chi connectivity index (χ1n) is 13.8. The zero-order chi connectivity index (χ0) is 30.1. The molecule has 5 rings (SSSR count). The van der Waals surface area contributed by atoms with Gasteiger partial charge in [0.2, 0.25) is 11.8 Å². The lowest BCUT2D eigenvalue weighted by Gasteiger charge is -2.40. The molecule has 42 heavy (non-hydrogen) atoms. The molecule has 1 fully saturated rings. The number of methoxy groups -OCH3 is 1. The average molecular weight is 591 g/mol. The molecule has 9 nitrogen and oxygen atoms in total. The zero-order valence-corrected chi connectivity index (χ0v) is 24.8. The Kier molecular flexibility index (Phi) is 8.27. The van der Waals surface area contributed by atoms with Crippen LogP contribution in [0.1, 0.15) is 31.5 Å². The van der Waals surface area contributed by atoms with Crippen LogP contribution in [-0.2, 0) is 11.2 Å². The molecule has 1 aliphatic heterocycles. The van der Waals surface area contributed by atoms with Gasteiger partial charge >= 0.3 is 5.69 Å². The number of piperazine rings is 1. The Morgan fingerprint density at radius 2 is 1.98 bits per heavy atom. The van der Waals surface area contributed by atoms with Gasteiger partial charge in [-0.05, 0) is 50.1 Å². The van der Waals surface area contributed by atoms with Crippen LogP contribution in [0.15, 0.2) is 53.8 Å². The number of fused-ring (bicyclic) bond motifs is 1. The lowest BCUT2D eigenvalue weighted by Crippen LogP contribution is -2.54. The molecule has 11 heteroatoms. The molecular formula is C31H32ClFN6O3. The number of anilines is 1. The van der Waals surface area contributed by atoms with Gasteiger partial charge < -0.3 is 14.5 Å². The molecule has 0 aliphatic carbocycles. The fourth-order valence-electron chi connectivity index (χ4n) is 5.49. The van der Waals surface area contributed by atoms with E-state index >= 15 is 0 Å². The summed E-state index contributed by atoms with van der Waals surface area (Å²) in [5.41, 5.74) is 2.09. The average Bonchev–Trinajstić information content (AvgIpc) is 2.97. The van der Waals surface area contributed by atoms with Crippen LogP contribution in [0, 0.1) is 12.7 Å². The second kappa shape index (κ2) is 11.9. The van der Waals surface area contributed by atoms with E-state index < -0.39 is 11.5 Å². The van der Waals surface area contributed by atoms with Crippen molar-refractivity contribution in [2.45, 2.75) is 39.7 Å². The number of halogens is 2. The lowest BCUT2D eigenvalue weighted by molar-refractivity contribution is -0.126. The van der Waals surface area contributed by atoms with Gasteiger partial charge in [-0.25, -0.2) is 23.7 Å². The van der Waals surface area contributed by atoms with Gasteiger partial charge in [0.15, 0.2) is 5.65 Å². The van der Waals surface area contributed by atoms with E-state index in [-0.39, 0.29) is 33.9 Å². The molecular weight excluding hydrogens is 559 g/mol. The second-order valence-electron chi connectivity index (χ2n) is 10.3. The standard InChI is InChI=1S/C31H32ClFN6O3/c1-6-10-24-28(18(3)15-25(34-24)42-5)39-30-21(16-22(32)27(35-30)20-11-8-9-12-23(20)33)29(36-31(39)41)38-14-13-37(17-19(38)4)26(40)7-2/h7-9,11-12,15-16,19H,2,6,10,13-14,17H2,1,3-5H3/t19-/m0/s1. The lowest BCUT2D eigenvalue weighted by atomic mass is 10.1. The van der Waals surface area contributed by atoms with Crippen molar-refractivity contribution in [3.8, 4) is 22.8 Å². The Morgan fingerprint density at radius 3 is 2.64 bits per heavy atom. The molecule has 3 aromatic heterocycles. The quantitative estimate of drug-likeness (QED) is 0.276. The van der Waals surface area contributed by atoms with Crippen molar-refractivity contribution in [3.05, 3.63) is 81.6 Å². The van der Waals surface area contributed by atoms with Crippen LogP contribution >= 0.6 is 11.6 Å². The van der Waals surface area contributed by atoms with E-state index in [1.54, 1.807) is 42.3 Å². The van der Waals surface area contributed by atoms with E-state index in [0.717, 1.165) is 12.0 Å². The normalized spacial score (nSPS) is 15.2. The smallest absolute Gasteiger partial charge is 0.355 e. The first kappa shape index (κ1) is 29.2. The van der Waals surface area contributed by atoms with Crippen molar-refractivity contribution < 1.29 is 13.9 Å². The fourth-order valence-corrected chi connectivity index (χ4v) is 5.74. The zero-order valence-electron chi connectivity index (χ0n) is 24.0. The van der Waals surface area contributed by atoms with Gasteiger partial charge in [-0.2, -0.15) is 4.98 Å². The van der Waals surface area contributed by atoms with E-state index in [2.05, 4.69) is 16.5 Å². The van der Waals surface area contributed by atoms with E-state index in [1.165, 1.54) is 16.7 Å². The highest BCUT2D eigenvalue weighted by Gasteiger charge is 2.30. The largest absolute Gasteiger partial charge is 0.481 e. The Balaban J connectivity index is 1.81. The maximum absolute atomic E-state index is 15.0. The summed E-state index contributed by atoms with van der Waals surface area (Å²) in [5, 5.41) is 0.736. The Bertz CT molecular complexity index is 1760. The first-order valence-corrected chi connectivity index (χ1v) is 14.2. The Morgan fingerprint density at radius 1 is 1.21 bits per heavy atom. The number of hydrogen-bond donors (Lipinski definition) is 0. The van der Waals surface area contributed by atoms with Crippen molar-refractivity contribution in [2.75, 3.05) is 31.6 Å². The molecule has 0 unspecified atom stereocenters. The summed E-state index contributed by atoms with van der Waals surface area (Å²) in [5.74, 6) is 0.195. The maximum Gasteiger partial charge on any atom is 0.355 e. The van der Waals surface area contributed by atoms with Crippen LogP contribution in [0.25, 0.3) is 28.0 Å². The van der Waals surface area contributed by atoms with Crippen LogP contribution in [0.2, 0.25) is 5.02 Å². The third-order valence-corrected chi connectivity index (χ3v) is 7.76. The molecule has 0 spiro atoms. The topological polar surface area (TPSA) is 93.5 Å². The molecule has 0 radical (unpaired) electrons. The molecule has 4 aromatic rings. The fraction of sp³-hybridized carbons (Fsp3) is 0.323. The predicted octanol–water partition coefficient (Wildman–Crippen LogP) is 5.13. The van der Waals surface area contributed by atoms with Gasteiger partial charge in [-0.1, -0.05) is 43.7 Å². The van der Waals surface area contributed by atoms with Crippen molar-refractivity contribution >= 4 is 34.4 Å². The summed E-state index contributed by atoms with van der Waals surface area (Å²) >= 11 is 6.77. The van der Waals surface area contributed by atoms with Gasteiger partial charge in [0.05, 0.1) is 34.6 Å². The minimum absolute atomic E-state index is 0.153. The minimum atomic E-state index is -0.559. The molecule has 1 saturated heterocycles. The van der Waals surface area contributed by atoms with Crippen LogP contribution in [0.5, 0.6) is 5.88 Å². The maximum atomic E-state index is 15.0. The van der Waals surface area contributed by atoms with Gasteiger partial charge in [0.25, 0.3) is 0 Å². The summed E-state index contributed by atoms with van der Waals surface area (Å²) in [6.07, 6.45) is 2.65. The predicted molar refractivity (Wildman–Crippen MR) is 162 cm³/mol. The number of pyridine rings is 2. The van der Waals surface area contributed by atoms with E-state index in [1.807, 2.05) is 25.7 Å². The van der Waals surface area contributed by atoms with Crippen molar-refractivity contribution in [2.24, 2.45) is 0 Å². The summed E-state index contributed by atoms with van der Waals surface area (Å²) < 4.78 is 21.8. The van der Waals surface area contributed by atoms with Crippen molar-refractivity contribution in [1.29, 1.82) is 0 Å². The molecule has 4 heterocycles. The highest BCUT2D eigenvalue weighted by atomic mass is 35.5. The van der Waals surface area contributed by atoms with Gasteiger partial charge in [-0.3, -0.25) is 4.79 Å². The molecule has 1 amide bonds. The number of rotatable bonds is 7. The summed E-state index contributed by atoms with van der Waals surface area (Å²) in [6.45, 7) is 10.7. The second-order valence-corrected chi connectivity index (χ2v) is 10.7. The number of aromatic nitrogens is 4. The molecule has 0 N–H and O–H groups in total. The van der Waals surface area contributed by atoms with Gasteiger partial charge in [0, 0.05) is 37.3 Å². The number of carbonyl (C=O) groups is 1. The minimum Gasteiger partial charge on any atom is -0.481 e. The summed E-state index contributed by atoms with van der Waals surface area (Å²) in [4.78, 5) is 44.1. The van der Waals surface area contributed by atoms with Crippen LogP contribution in [0.4, 0.5) is 10.2 Å². The van der Waals surface area contributed by atoms with Gasteiger partial charge in [-0.15, -0.1) is 0 Å². The SMILES string of the molecule is C=CC(=O)N1CCN(c2nc(=O)n(-c3c(C)cc(OC)nc3CCC)c3nc(-c4ccccc4F)c(Cl)cc23)[C@@H](C)C1. The number of amides is 1. The van der Waals surface area contributed by atoms with Crippen LogP contribution in [-0.4, -0.2) is 63.1 Å². The number of benzene rings is 1. The number of nitrogens with zero attached hydrogens (tertiary/aromatic N) is 6. The number of ether oxygens (including phenoxy) is 1. The molecule has 1 aliphatic rings. The monoisotopic (exact) mass is 590 g/mol. The molecule has 0 saturated carbocycles. The number of hydrogen-bond acceptors (Lipinski definition) is 7. The van der Waals surface area contributed by atoms with E-state index in [9.17, 15) is 14.0 Å². The van der Waals surface area contributed by atoms with E-state index in [0.29, 0.717) is 54.5 Å². The van der Waals surface area contributed by atoms with E-state index in [4.69, 9.17) is 21.3 Å². The number of aryl methyl sites for hydroxylation is 2. The Labute approximate surface area is 248 Å². The molecule has 1 atom stereocenters. The highest BCUT2D eigenvalue weighted by Crippen LogP contribution is 2.36. The summed E-state index contributed by atoms with van der Waals surface area (Å²) in [6, 6.07) is 9.50. The number of carbonyl (C=O) groups excluding carboxylic acids is 1. The summed E-state index contributed by atoms with van der Waals surface area (Å²) in [7, 11) is 1.54. The molecule has 0 bridgehead atoms. The molecule has 218 valence electrons. The first-order chi connectivity index (χ1) is 20.2. The Hall–Kier alpha value is -4.31. The van der Waals surface area contributed by atoms with Crippen LogP contribution in [0.3, 0.4) is 0 Å².